The van der Waals surface area contributed by atoms with Crippen LogP contribution in [-0.4, -0.2) is 47.3 Å². The van der Waals surface area contributed by atoms with Crippen LogP contribution < -0.4 is 16.2 Å². The number of carbonyl (C=O) groups is 1. The molecule has 1 fully saturated rings. The quantitative estimate of drug-likeness (QED) is 0.260. The number of para-hydroxylation sites is 1. The molecule has 2 heterocycles. The second kappa shape index (κ2) is 11.3. The number of nitrogen functional groups attached to an aromatic ring is 1. The zero-order valence-corrected chi connectivity index (χ0v) is 25.4. The lowest BCUT2D eigenvalue weighted by Crippen LogP contribution is -2.50. The van der Waals surface area contributed by atoms with E-state index in [-0.39, 0.29) is 17.2 Å². The summed E-state index contributed by atoms with van der Waals surface area (Å²) in [5.41, 5.74) is 10.2. The standard InChI is InChI=1S/C33H36ClFN4O3/c1-6-21-10-7-9-20(2)31(21)39-28-18-22(30-24(34)11-8-12-26(30)36)25(35)17-23(28)27(19-29(39)40)37-13-15-38(16-14-37)32(41)42-33(3,4)5/h7-12,17-19H,6,13-16,36H2,1-5H3. The Morgan fingerprint density at radius 1 is 1.05 bits per heavy atom. The summed E-state index contributed by atoms with van der Waals surface area (Å²) in [6.45, 7) is 11.3. The summed E-state index contributed by atoms with van der Waals surface area (Å²) in [5.74, 6) is -0.498. The minimum atomic E-state index is -0.595. The number of fused-ring (bicyclic) bond motifs is 1. The van der Waals surface area contributed by atoms with Crippen molar-refractivity contribution in [1.82, 2.24) is 9.47 Å². The molecule has 1 saturated heterocycles. The van der Waals surface area contributed by atoms with Crippen molar-refractivity contribution in [3.63, 3.8) is 0 Å². The zero-order chi connectivity index (χ0) is 30.3. The van der Waals surface area contributed by atoms with E-state index >= 15 is 4.39 Å². The number of aryl methyl sites for hydroxylation is 2. The first-order valence-electron chi connectivity index (χ1n) is 14.1. The fourth-order valence-corrected chi connectivity index (χ4v) is 5.90. The molecule has 0 bridgehead atoms. The maximum atomic E-state index is 16.0. The molecule has 0 atom stereocenters. The van der Waals surface area contributed by atoms with Crippen molar-refractivity contribution in [3.8, 4) is 16.8 Å². The van der Waals surface area contributed by atoms with Crippen molar-refractivity contribution in [2.45, 2.75) is 46.6 Å². The molecule has 1 aromatic heterocycles. The van der Waals surface area contributed by atoms with E-state index in [1.165, 1.54) is 6.07 Å². The van der Waals surface area contributed by atoms with Gasteiger partial charge in [0.1, 0.15) is 11.4 Å². The van der Waals surface area contributed by atoms with E-state index in [0.29, 0.717) is 65.5 Å². The summed E-state index contributed by atoms with van der Waals surface area (Å²) in [6, 6.07) is 15.7. The average Bonchev–Trinajstić information content (AvgIpc) is 2.92. The average molecular weight is 591 g/mol. The number of carbonyl (C=O) groups excluding carboxylic acids is 1. The number of aromatic nitrogens is 1. The predicted octanol–water partition coefficient (Wildman–Crippen LogP) is 6.96. The highest BCUT2D eigenvalue weighted by Gasteiger charge is 2.28. The highest BCUT2D eigenvalue weighted by molar-refractivity contribution is 6.34. The third-order valence-corrected chi connectivity index (χ3v) is 7.91. The first-order chi connectivity index (χ1) is 19.9. The molecule has 7 nitrogen and oxygen atoms in total. The summed E-state index contributed by atoms with van der Waals surface area (Å²) in [5, 5.41) is 0.902. The third-order valence-electron chi connectivity index (χ3n) is 7.60. The molecule has 0 saturated carbocycles. The minimum absolute atomic E-state index is 0.220. The van der Waals surface area contributed by atoms with E-state index in [0.717, 1.165) is 16.8 Å². The monoisotopic (exact) mass is 590 g/mol. The van der Waals surface area contributed by atoms with Gasteiger partial charge in [-0.2, -0.15) is 0 Å². The molecule has 1 amide bonds. The van der Waals surface area contributed by atoms with Gasteiger partial charge >= 0.3 is 6.09 Å². The Bertz CT molecular complexity index is 1720. The van der Waals surface area contributed by atoms with Crippen LogP contribution in [0.4, 0.5) is 20.6 Å². The Kier molecular flexibility index (Phi) is 7.94. The van der Waals surface area contributed by atoms with Gasteiger partial charge in [-0.3, -0.25) is 9.36 Å². The minimum Gasteiger partial charge on any atom is -0.444 e. The summed E-state index contributed by atoms with van der Waals surface area (Å²) >= 11 is 6.51. The van der Waals surface area contributed by atoms with Gasteiger partial charge in [-0.1, -0.05) is 42.8 Å². The number of hydrogen-bond acceptors (Lipinski definition) is 5. The molecule has 4 aromatic rings. The van der Waals surface area contributed by atoms with E-state index in [9.17, 15) is 9.59 Å². The van der Waals surface area contributed by atoms with E-state index in [2.05, 4.69) is 0 Å². The molecular weight excluding hydrogens is 555 g/mol. The van der Waals surface area contributed by atoms with Gasteiger partial charge in [0.25, 0.3) is 5.56 Å². The zero-order valence-electron chi connectivity index (χ0n) is 24.6. The Hall–Kier alpha value is -4.04. The number of ether oxygens (including phenoxy) is 1. The second-order valence-corrected chi connectivity index (χ2v) is 12.1. The molecule has 220 valence electrons. The molecule has 42 heavy (non-hydrogen) atoms. The molecule has 1 aliphatic heterocycles. The maximum absolute atomic E-state index is 16.0. The van der Waals surface area contributed by atoms with Crippen LogP contribution in [0.15, 0.2) is 59.4 Å². The van der Waals surface area contributed by atoms with Crippen molar-refractivity contribution in [1.29, 1.82) is 0 Å². The van der Waals surface area contributed by atoms with Crippen LogP contribution in [0.5, 0.6) is 0 Å². The number of nitrogens with zero attached hydrogens (tertiary/aromatic N) is 3. The fourth-order valence-electron chi connectivity index (χ4n) is 5.62. The van der Waals surface area contributed by atoms with Gasteiger partial charge in [0.05, 0.1) is 21.9 Å². The van der Waals surface area contributed by atoms with Gasteiger partial charge in [0, 0.05) is 54.4 Å². The van der Waals surface area contributed by atoms with Crippen LogP contribution in [0.1, 0.15) is 38.8 Å². The second-order valence-electron chi connectivity index (χ2n) is 11.6. The van der Waals surface area contributed by atoms with E-state index in [1.807, 2.05) is 57.7 Å². The number of rotatable bonds is 4. The van der Waals surface area contributed by atoms with Crippen LogP contribution in [0.25, 0.3) is 27.7 Å². The molecule has 0 aliphatic carbocycles. The van der Waals surface area contributed by atoms with Crippen molar-refractivity contribution in [2.24, 2.45) is 0 Å². The summed E-state index contributed by atoms with van der Waals surface area (Å²) in [6.07, 6.45) is 0.340. The number of nitrogens with two attached hydrogens (primary N) is 1. The number of piperazine rings is 1. The number of benzene rings is 3. The Morgan fingerprint density at radius 3 is 2.38 bits per heavy atom. The largest absolute Gasteiger partial charge is 0.444 e. The predicted molar refractivity (Wildman–Crippen MR) is 168 cm³/mol. The van der Waals surface area contributed by atoms with E-state index in [4.69, 9.17) is 22.1 Å². The van der Waals surface area contributed by atoms with Crippen molar-refractivity contribution in [2.75, 3.05) is 36.8 Å². The van der Waals surface area contributed by atoms with Crippen LogP contribution in [-0.2, 0) is 11.2 Å². The number of anilines is 2. The Morgan fingerprint density at radius 2 is 1.74 bits per heavy atom. The summed E-state index contributed by atoms with van der Waals surface area (Å²) in [4.78, 5) is 30.4. The number of hydrogen-bond donors (Lipinski definition) is 1. The highest BCUT2D eigenvalue weighted by atomic mass is 35.5. The van der Waals surface area contributed by atoms with Crippen LogP contribution in [0.2, 0.25) is 5.02 Å². The van der Waals surface area contributed by atoms with Gasteiger partial charge in [0.2, 0.25) is 0 Å². The molecule has 0 unspecified atom stereocenters. The number of halogens is 2. The molecular formula is C33H36ClFN4O3. The van der Waals surface area contributed by atoms with E-state index < -0.39 is 11.4 Å². The molecule has 2 N–H and O–H groups in total. The Balaban J connectivity index is 1.70. The molecule has 5 rings (SSSR count). The van der Waals surface area contributed by atoms with Crippen molar-refractivity contribution < 1.29 is 13.9 Å². The van der Waals surface area contributed by atoms with Crippen molar-refractivity contribution >= 4 is 40.0 Å². The van der Waals surface area contributed by atoms with Gasteiger partial charge < -0.3 is 20.3 Å². The lowest BCUT2D eigenvalue weighted by Gasteiger charge is -2.37. The first-order valence-corrected chi connectivity index (χ1v) is 14.5. The number of pyridine rings is 1. The molecule has 0 spiro atoms. The molecule has 3 aromatic carbocycles. The highest BCUT2D eigenvalue weighted by Crippen LogP contribution is 2.39. The van der Waals surface area contributed by atoms with Crippen molar-refractivity contribution in [3.05, 3.63) is 86.9 Å². The maximum Gasteiger partial charge on any atom is 0.410 e. The summed E-state index contributed by atoms with van der Waals surface area (Å²) in [7, 11) is 0. The molecule has 9 heteroatoms. The lowest BCUT2D eigenvalue weighted by atomic mass is 9.99. The normalized spacial score (nSPS) is 14.0. The lowest BCUT2D eigenvalue weighted by molar-refractivity contribution is 0.0240. The number of amides is 1. The molecule has 1 aliphatic rings. The van der Waals surface area contributed by atoms with E-state index in [1.54, 1.807) is 39.8 Å². The topological polar surface area (TPSA) is 80.8 Å². The van der Waals surface area contributed by atoms with Crippen LogP contribution >= 0.6 is 11.6 Å². The van der Waals surface area contributed by atoms with Gasteiger partial charge in [0.15, 0.2) is 0 Å². The smallest absolute Gasteiger partial charge is 0.410 e. The van der Waals surface area contributed by atoms with Gasteiger partial charge in [-0.05, 0) is 69.5 Å². The SMILES string of the molecule is CCc1cccc(C)c1-n1c(=O)cc(N2CCN(C(=O)OC(C)(C)C)CC2)c2cc(F)c(-c3c(N)cccc3Cl)cc21. The fraction of sp³-hybridized carbons (Fsp3) is 0.333. The van der Waals surface area contributed by atoms with Crippen LogP contribution in [0, 0.1) is 12.7 Å². The Labute approximate surface area is 250 Å². The summed E-state index contributed by atoms with van der Waals surface area (Å²) < 4.78 is 23.2. The molecule has 0 radical (unpaired) electrons. The van der Waals surface area contributed by atoms with Crippen LogP contribution in [0.3, 0.4) is 0 Å². The van der Waals surface area contributed by atoms with Gasteiger partial charge in [-0.15, -0.1) is 0 Å². The third kappa shape index (κ3) is 5.55. The van der Waals surface area contributed by atoms with Gasteiger partial charge in [-0.25, -0.2) is 9.18 Å². The first kappa shape index (κ1) is 29.5.